The predicted octanol–water partition coefficient (Wildman–Crippen LogP) is 8.52. The number of rotatable bonds is 4. The molecule has 0 atom stereocenters. The molecule has 5 nitrogen and oxygen atoms in total. The molecule has 0 unspecified atom stereocenters. The molecule has 0 aliphatic carbocycles. The molecule has 1 aliphatic heterocycles. The van der Waals surface area contributed by atoms with Crippen molar-refractivity contribution >= 4 is 59.0 Å². The Morgan fingerprint density at radius 1 is 0.744 bits per heavy atom. The number of nitrogens with zero attached hydrogens (tertiary/aromatic N) is 4. The van der Waals surface area contributed by atoms with Crippen LogP contribution in [0.3, 0.4) is 0 Å². The summed E-state index contributed by atoms with van der Waals surface area (Å²) in [5, 5.41) is 4.94. The number of aromatic nitrogens is 2. The van der Waals surface area contributed by atoms with E-state index in [9.17, 15) is 0 Å². The highest BCUT2D eigenvalue weighted by atomic mass is 32.1. The topological polar surface area (TPSA) is 33.5 Å². The maximum atomic E-state index is 6.45. The van der Waals surface area contributed by atoms with E-state index < -0.39 is 0 Å². The number of thiophene rings is 1. The maximum Gasteiger partial charge on any atom is 0.137 e. The van der Waals surface area contributed by atoms with Crippen molar-refractivity contribution in [2.24, 2.45) is 0 Å². The van der Waals surface area contributed by atoms with Crippen LogP contribution in [0.1, 0.15) is 0 Å². The number of benzene rings is 4. The Morgan fingerprint density at radius 2 is 1.62 bits per heavy atom. The van der Waals surface area contributed by atoms with Crippen molar-refractivity contribution < 1.29 is 4.74 Å². The molecule has 0 saturated heterocycles. The zero-order valence-electron chi connectivity index (χ0n) is 21.3. The molecule has 6 heteroatoms. The van der Waals surface area contributed by atoms with Gasteiger partial charge >= 0.3 is 0 Å². The third-order valence-electron chi connectivity index (χ3n) is 7.38. The Labute approximate surface area is 229 Å². The summed E-state index contributed by atoms with van der Waals surface area (Å²) in [5.74, 6) is 2.49. The lowest BCUT2D eigenvalue weighted by Crippen LogP contribution is -2.21. The molecule has 39 heavy (non-hydrogen) atoms. The van der Waals surface area contributed by atoms with E-state index in [1.165, 1.54) is 36.5 Å². The van der Waals surface area contributed by atoms with Gasteiger partial charge in [-0.15, -0.1) is 11.3 Å². The normalized spacial score (nSPS) is 13.5. The molecule has 0 fully saturated rings. The molecule has 7 aromatic rings. The van der Waals surface area contributed by atoms with Crippen LogP contribution in [-0.2, 0) is 0 Å². The average Bonchev–Trinajstić information content (AvgIpc) is 3.66. The molecule has 3 aromatic heterocycles. The Hall–Kier alpha value is -4.81. The summed E-state index contributed by atoms with van der Waals surface area (Å²) in [6, 6.07) is 33.9. The van der Waals surface area contributed by atoms with Crippen molar-refractivity contribution in [1.29, 1.82) is 0 Å². The summed E-state index contributed by atoms with van der Waals surface area (Å²) >= 11 is 1.84. The predicted molar refractivity (Wildman–Crippen MR) is 162 cm³/mol. The van der Waals surface area contributed by atoms with Crippen LogP contribution in [0.15, 0.2) is 116 Å². The van der Waals surface area contributed by atoms with Gasteiger partial charge < -0.3 is 14.5 Å². The van der Waals surface area contributed by atoms with E-state index in [1.807, 2.05) is 41.8 Å². The van der Waals surface area contributed by atoms with Crippen molar-refractivity contribution in [3.8, 4) is 17.3 Å². The molecule has 0 bridgehead atoms. The van der Waals surface area contributed by atoms with Crippen molar-refractivity contribution in [2.45, 2.75) is 0 Å². The number of ether oxygens (including phenoxy) is 1. The minimum atomic E-state index is 0.792. The van der Waals surface area contributed by atoms with E-state index in [0.717, 1.165) is 35.2 Å². The lowest BCUT2D eigenvalue weighted by atomic mass is 10.1. The van der Waals surface area contributed by atoms with Crippen LogP contribution in [0.2, 0.25) is 0 Å². The summed E-state index contributed by atoms with van der Waals surface area (Å²) in [4.78, 5) is 9.12. The molecular weight excluding hydrogens is 500 g/mol. The molecule has 1 aliphatic rings. The Balaban J connectivity index is 1.33. The van der Waals surface area contributed by atoms with Gasteiger partial charge in [0.05, 0.1) is 17.7 Å². The van der Waals surface area contributed by atoms with E-state index in [0.29, 0.717) is 0 Å². The Morgan fingerprint density at radius 3 is 2.49 bits per heavy atom. The molecule has 0 radical (unpaired) electrons. The molecule has 4 heterocycles. The lowest BCUT2D eigenvalue weighted by Gasteiger charge is -2.19. The van der Waals surface area contributed by atoms with Gasteiger partial charge in [-0.3, -0.25) is 4.57 Å². The minimum absolute atomic E-state index is 0.792. The third kappa shape index (κ3) is 3.56. The Kier molecular flexibility index (Phi) is 4.90. The standard InChI is InChI=1S/C33H24N4OS/c1-35-17-18-36(21-35)22-7-6-8-23(19-22)38-24-12-13-25-26-14-15-30-32(27-9-2-3-10-29(27)39-30)33(26)37(28(25)20-24)31-11-4-5-16-34-31/h2-20H,21H2,1H3. The summed E-state index contributed by atoms with van der Waals surface area (Å²) in [6.45, 7) is 0.825. The fraction of sp³-hybridized carbons (Fsp3) is 0.0606. The average molecular weight is 525 g/mol. The fourth-order valence-corrected chi connectivity index (χ4v) is 6.75. The maximum absolute atomic E-state index is 6.45. The quantitative estimate of drug-likeness (QED) is 0.231. The second kappa shape index (κ2) is 8.61. The van der Waals surface area contributed by atoms with E-state index in [-0.39, 0.29) is 0 Å². The van der Waals surface area contributed by atoms with Gasteiger partial charge in [0, 0.05) is 74.4 Å². The molecule has 8 rings (SSSR count). The van der Waals surface area contributed by atoms with E-state index in [4.69, 9.17) is 9.72 Å². The van der Waals surface area contributed by atoms with Crippen LogP contribution in [0, 0.1) is 0 Å². The van der Waals surface area contributed by atoms with Crippen LogP contribution in [-0.4, -0.2) is 28.2 Å². The number of hydrogen-bond donors (Lipinski definition) is 0. The van der Waals surface area contributed by atoms with Crippen LogP contribution in [0.5, 0.6) is 11.5 Å². The van der Waals surface area contributed by atoms with Crippen molar-refractivity contribution in [3.05, 3.63) is 116 Å². The molecule has 0 N–H and O–H groups in total. The summed E-state index contributed by atoms with van der Waals surface area (Å²) < 4.78 is 11.3. The highest BCUT2D eigenvalue weighted by Gasteiger charge is 2.19. The number of anilines is 1. The van der Waals surface area contributed by atoms with Gasteiger partial charge in [0.15, 0.2) is 0 Å². The zero-order valence-corrected chi connectivity index (χ0v) is 22.1. The SMILES string of the molecule is CN1C=CN(c2cccc(Oc3ccc4c5ccc6sc7ccccc7c6c5n(-c5ccccn5)c4c3)c2)C1. The summed E-state index contributed by atoms with van der Waals surface area (Å²) in [5.41, 5.74) is 3.36. The van der Waals surface area contributed by atoms with Crippen molar-refractivity contribution in [2.75, 3.05) is 18.6 Å². The first kappa shape index (κ1) is 22.2. The summed E-state index contributed by atoms with van der Waals surface area (Å²) in [6.07, 6.45) is 6.02. The van der Waals surface area contributed by atoms with Gasteiger partial charge in [0.2, 0.25) is 0 Å². The Bertz CT molecular complexity index is 2060. The van der Waals surface area contributed by atoms with Crippen LogP contribution in [0.25, 0.3) is 47.8 Å². The second-order valence-corrected chi connectivity index (χ2v) is 11.0. The fourth-order valence-electron chi connectivity index (χ4n) is 5.64. The van der Waals surface area contributed by atoms with Gasteiger partial charge in [0.25, 0.3) is 0 Å². The first-order chi connectivity index (χ1) is 19.2. The molecule has 0 amide bonds. The van der Waals surface area contributed by atoms with E-state index >= 15 is 0 Å². The first-order valence-corrected chi connectivity index (χ1v) is 13.8. The third-order valence-corrected chi connectivity index (χ3v) is 8.52. The van der Waals surface area contributed by atoms with Gasteiger partial charge in [-0.2, -0.15) is 0 Å². The first-order valence-electron chi connectivity index (χ1n) is 13.0. The van der Waals surface area contributed by atoms with Gasteiger partial charge in [0.1, 0.15) is 17.3 Å². The van der Waals surface area contributed by atoms with Crippen molar-refractivity contribution in [1.82, 2.24) is 14.5 Å². The van der Waals surface area contributed by atoms with Crippen molar-refractivity contribution in [3.63, 3.8) is 0 Å². The number of pyridine rings is 1. The summed E-state index contributed by atoms with van der Waals surface area (Å²) in [7, 11) is 2.07. The molecule has 4 aromatic carbocycles. The van der Waals surface area contributed by atoms with Gasteiger partial charge in [-0.25, -0.2) is 4.98 Å². The largest absolute Gasteiger partial charge is 0.457 e. The van der Waals surface area contributed by atoms with Gasteiger partial charge in [-0.05, 0) is 48.5 Å². The smallest absolute Gasteiger partial charge is 0.137 e. The van der Waals surface area contributed by atoms with Crippen LogP contribution < -0.4 is 9.64 Å². The number of fused-ring (bicyclic) bond motifs is 7. The molecule has 188 valence electrons. The van der Waals surface area contributed by atoms with Crippen LogP contribution >= 0.6 is 11.3 Å². The highest BCUT2D eigenvalue weighted by molar-refractivity contribution is 7.26. The van der Waals surface area contributed by atoms with E-state index in [1.54, 1.807) is 0 Å². The molecular formula is C33H24N4OS. The monoisotopic (exact) mass is 524 g/mol. The molecule has 0 saturated carbocycles. The van der Waals surface area contributed by atoms with Crippen LogP contribution in [0.4, 0.5) is 5.69 Å². The zero-order chi connectivity index (χ0) is 25.9. The lowest BCUT2D eigenvalue weighted by molar-refractivity contribution is 0.481. The van der Waals surface area contributed by atoms with Gasteiger partial charge in [-0.1, -0.05) is 36.4 Å². The highest BCUT2D eigenvalue weighted by Crippen LogP contribution is 2.43. The number of hydrogen-bond acceptors (Lipinski definition) is 5. The second-order valence-electron chi connectivity index (χ2n) is 9.90. The minimum Gasteiger partial charge on any atom is -0.457 e. The molecule has 0 spiro atoms. The van der Waals surface area contributed by atoms with E-state index in [2.05, 4.69) is 107 Å².